The van der Waals surface area contributed by atoms with Gasteiger partial charge in [-0.25, -0.2) is 18.4 Å². The van der Waals surface area contributed by atoms with E-state index in [1.54, 1.807) is 6.92 Å². The van der Waals surface area contributed by atoms with Crippen molar-refractivity contribution in [2.45, 2.75) is 68.9 Å². The summed E-state index contributed by atoms with van der Waals surface area (Å²) in [6, 6.07) is 0. The van der Waals surface area contributed by atoms with Crippen LogP contribution >= 0.6 is 11.6 Å². The van der Waals surface area contributed by atoms with E-state index in [2.05, 4.69) is 31.8 Å². The summed E-state index contributed by atoms with van der Waals surface area (Å²) in [5.74, 6) is 1.11. The van der Waals surface area contributed by atoms with Crippen LogP contribution in [0, 0.1) is 0 Å². The molecule has 3 atom stereocenters. The Morgan fingerprint density at radius 3 is 2.58 bits per heavy atom. The van der Waals surface area contributed by atoms with Gasteiger partial charge in [0.1, 0.15) is 17.5 Å². The summed E-state index contributed by atoms with van der Waals surface area (Å²) < 4.78 is 42.3. The molecule has 12 heteroatoms. The summed E-state index contributed by atoms with van der Waals surface area (Å²) in [7, 11) is -2.49. The van der Waals surface area contributed by atoms with Crippen LogP contribution in [0.5, 0.6) is 0 Å². The Morgan fingerprint density at radius 2 is 2.00 bits per heavy atom. The minimum Gasteiger partial charge on any atom is -0.372 e. The van der Waals surface area contributed by atoms with E-state index in [9.17, 15) is 8.42 Å². The first-order valence-electron chi connectivity index (χ1n) is 10.3. The quantitative estimate of drug-likeness (QED) is 0.624. The van der Waals surface area contributed by atoms with E-state index in [1.807, 2.05) is 4.57 Å². The minimum atomic E-state index is -3.91. The lowest BCUT2D eigenvalue weighted by atomic mass is 10.1. The average molecular weight is 471 g/mol. The Morgan fingerprint density at radius 1 is 1.29 bits per heavy atom. The molecule has 10 nitrogen and oxygen atoms in total. The summed E-state index contributed by atoms with van der Waals surface area (Å²) in [5, 5.41) is 7.86. The van der Waals surface area contributed by atoms with Crippen LogP contribution in [-0.2, 0) is 25.0 Å². The molecule has 2 aliphatic rings. The van der Waals surface area contributed by atoms with Crippen molar-refractivity contribution >= 4 is 27.6 Å². The lowest BCUT2D eigenvalue weighted by Crippen LogP contribution is -2.34. The fourth-order valence-corrected chi connectivity index (χ4v) is 5.04. The van der Waals surface area contributed by atoms with Crippen LogP contribution < -0.4 is 4.72 Å². The molecule has 2 aromatic heterocycles. The molecule has 1 saturated carbocycles. The average Bonchev–Trinajstić information content (AvgIpc) is 3.36. The summed E-state index contributed by atoms with van der Waals surface area (Å²) in [6.45, 7) is 4.28. The molecular formula is C19H27ClN6O4S. The molecule has 0 spiro atoms. The Labute approximate surface area is 186 Å². The van der Waals surface area contributed by atoms with E-state index in [-0.39, 0.29) is 23.4 Å². The molecule has 0 bridgehead atoms. The topological polar surface area (TPSA) is 121 Å². The number of halogens is 1. The van der Waals surface area contributed by atoms with Crippen LogP contribution in [0.15, 0.2) is 12.4 Å². The van der Waals surface area contributed by atoms with Gasteiger partial charge in [-0.15, -0.1) is 10.2 Å². The first kappa shape index (κ1) is 22.4. The zero-order valence-electron chi connectivity index (χ0n) is 17.8. The molecule has 31 heavy (non-hydrogen) atoms. The minimum absolute atomic E-state index is 0.177. The molecule has 3 heterocycles. The van der Waals surface area contributed by atoms with Gasteiger partial charge in [-0.2, -0.15) is 0 Å². The molecule has 0 aromatic carbocycles. The second-order valence-electron chi connectivity index (χ2n) is 8.34. The maximum atomic E-state index is 13.2. The third-order valence-corrected chi connectivity index (χ3v) is 7.86. The largest absolute Gasteiger partial charge is 0.372 e. The van der Waals surface area contributed by atoms with E-state index >= 15 is 0 Å². The van der Waals surface area contributed by atoms with Crippen LogP contribution in [-0.4, -0.2) is 52.1 Å². The number of anilines is 1. The number of ether oxygens (including phenoxy) is 2. The molecule has 170 valence electrons. The van der Waals surface area contributed by atoms with Crippen LogP contribution in [0.25, 0.3) is 0 Å². The van der Waals surface area contributed by atoms with Gasteiger partial charge in [0, 0.05) is 31.6 Å². The zero-order valence-corrected chi connectivity index (χ0v) is 19.4. The van der Waals surface area contributed by atoms with Crippen molar-refractivity contribution in [3.8, 4) is 0 Å². The number of methoxy groups -OCH3 is 1. The van der Waals surface area contributed by atoms with Crippen molar-refractivity contribution in [2.75, 3.05) is 18.4 Å². The standard InChI is InChI=1S/C19H27ClN6O4S/c1-12(15(29-3)16-21-10-13(20)11-22-16)31(27,28)25-18-24-23-17(14-6-4-5-9-30-14)26(18)19(2)7-8-19/h10-12,14-15H,4-9H2,1-3H3,(H,24,25)/t12-,14-,15-/m0/s1. The number of hydrogen-bond acceptors (Lipinski definition) is 8. The first-order chi connectivity index (χ1) is 14.7. The van der Waals surface area contributed by atoms with Crippen LogP contribution in [0.1, 0.15) is 69.8 Å². The normalized spacial score (nSPS) is 22.6. The summed E-state index contributed by atoms with van der Waals surface area (Å²) >= 11 is 5.84. The molecular weight excluding hydrogens is 444 g/mol. The van der Waals surface area contributed by atoms with E-state index in [1.165, 1.54) is 19.5 Å². The fourth-order valence-electron chi connectivity index (χ4n) is 3.81. The van der Waals surface area contributed by atoms with E-state index in [0.29, 0.717) is 17.5 Å². The molecule has 4 rings (SSSR count). The predicted molar refractivity (Wildman–Crippen MR) is 114 cm³/mol. The van der Waals surface area contributed by atoms with E-state index in [4.69, 9.17) is 21.1 Å². The van der Waals surface area contributed by atoms with Gasteiger partial charge >= 0.3 is 0 Å². The lowest BCUT2D eigenvalue weighted by Gasteiger charge is -2.26. The van der Waals surface area contributed by atoms with Crippen molar-refractivity contribution in [1.82, 2.24) is 24.7 Å². The van der Waals surface area contributed by atoms with Crippen molar-refractivity contribution in [3.63, 3.8) is 0 Å². The number of rotatable bonds is 8. The molecule has 2 aromatic rings. The SMILES string of the molecule is CO[C@H](c1ncc(Cl)cn1)[C@H](C)S(=O)(=O)Nc1nnc([C@@H]2CCCCO2)n1C1(C)CC1. The second kappa shape index (κ2) is 8.61. The third kappa shape index (κ3) is 4.55. The Kier molecular flexibility index (Phi) is 6.21. The molecule has 2 fully saturated rings. The monoisotopic (exact) mass is 470 g/mol. The highest BCUT2D eigenvalue weighted by atomic mass is 35.5. The molecule has 1 saturated heterocycles. The van der Waals surface area contributed by atoms with E-state index < -0.39 is 21.4 Å². The maximum absolute atomic E-state index is 13.2. The van der Waals surface area contributed by atoms with Gasteiger partial charge in [-0.1, -0.05) is 11.6 Å². The second-order valence-corrected chi connectivity index (χ2v) is 10.8. The summed E-state index contributed by atoms with van der Waals surface area (Å²) in [6.07, 6.45) is 6.51. The molecule has 0 unspecified atom stereocenters. The Balaban J connectivity index is 1.61. The zero-order chi connectivity index (χ0) is 22.2. The third-order valence-electron chi connectivity index (χ3n) is 5.97. The first-order valence-corrected chi connectivity index (χ1v) is 12.3. The molecule has 1 aliphatic carbocycles. The van der Waals surface area contributed by atoms with Gasteiger partial charge in [-0.3, -0.25) is 9.29 Å². The number of aromatic nitrogens is 5. The maximum Gasteiger partial charge on any atom is 0.240 e. The van der Waals surface area contributed by atoms with Gasteiger partial charge in [0.25, 0.3) is 0 Å². The number of nitrogens with zero attached hydrogens (tertiary/aromatic N) is 5. The lowest BCUT2D eigenvalue weighted by molar-refractivity contribution is 0.00617. The van der Waals surface area contributed by atoms with Crippen molar-refractivity contribution in [2.24, 2.45) is 0 Å². The van der Waals surface area contributed by atoms with E-state index in [0.717, 1.165) is 32.1 Å². The predicted octanol–water partition coefficient (Wildman–Crippen LogP) is 2.99. The van der Waals surface area contributed by atoms with Crippen LogP contribution in [0.2, 0.25) is 5.02 Å². The molecule has 0 amide bonds. The fraction of sp³-hybridized carbons (Fsp3) is 0.684. The number of nitrogens with one attached hydrogen (secondary N) is 1. The van der Waals surface area contributed by atoms with Gasteiger partial charge in [0.05, 0.1) is 5.02 Å². The van der Waals surface area contributed by atoms with Gasteiger partial charge < -0.3 is 9.47 Å². The van der Waals surface area contributed by atoms with Gasteiger partial charge in [-0.05, 0) is 46.0 Å². The highest BCUT2D eigenvalue weighted by molar-refractivity contribution is 7.93. The smallest absolute Gasteiger partial charge is 0.240 e. The van der Waals surface area contributed by atoms with Crippen LogP contribution in [0.4, 0.5) is 5.95 Å². The van der Waals surface area contributed by atoms with Crippen molar-refractivity contribution in [1.29, 1.82) is 0 Å². The molecule has 0 radical (unpaired) electrons. The Bertz CT molecular complexity index is 1020. The molecule has 1 N–H and O–H groups in total. The van der Waals surface area contributed by atoms with Gasteiger partial charge in [0.2, 0.25) is 16.0 Å². The highest BCUT2D eigenvalue weighted by Gasteiger charge is 2.45. The van der Waals surface area contributed by atoms with Gasteiger partial charge in [0.15, 0.2) is 11.6 Å². The number of hydrogen-bond donors (Lipinski definition) is 1. The Hall–Kier alpha value is -1.82. The highest BCUT2D eigenvalue weighted by Crippen LogP contribution is 2.47. The summed E-state index contributed by atoms with van der Waals surface area (Å²) in [4.78, 5) is 8.23. The summed E-state index contributed by atoms with van der Waals surface area (Å²) in [5.41, 5.74) is -0.222. The number of sulfonamides is 1. The molecule has 1 aliphatic heterocycles. The van der Waals surface area contributed by atoms with Crippen LogP contribution in [0.3, 0.4) is 0 Å². The van der Waals surface area contributed by atoms with Crippen molar-refractivity contribution < 1.29 is 17.9 Å². The van der Waals surface area contributed by atoms with Crippen molar-refractivity contribution in [3.05, 3.63) is 29.1 Å².